The summed E-state index contributed by atoms with van der Waals surface area (Å²) < 4.78 is 29.3. The lowest BCUT2D eigenvalue weighted by atomic mass is 10.2. The SMILES string of the molecule is CS(=O)(=O)c1ccccc1C(=O)Nc1cccc(Cl)c1N1CCOCC1. The number of hydrogen-bond acceptors (Lipinski definition) is 5. The van der Waals surface area contributed by atoms with Gasteiger partial charge in [0.05, 0.1) is 40.1 Å². The second-order valence-electron chi connectivity index (χ2n) is 5.96. The lowest BCUT2D eigenvalue weighted by Crippen LogP contribution is -2.37. The highest BCUT2D eigenvalue weighted by atomic mass is 35.5. The molecule has 0 unspecified atom stereocenters. The molecule has 1 heterocycles. The van der Waals surface area contributed by atoms with Crippen molar-refractivity contribution in [1.29, 1.82) is 0 Å². The van der Waals surface area contributed by atoms with E-state index in [0.29, 0.717) is 42.7 Å². The Morgan fingerprint density at radius 2 is 1.81 bits per heavy atom. The lowest BCUT2D eigenvalue weighted by Gasteiger charge is -2.31. The van der Waals surface area contributed by atoms with Crippen LogP contribution in [0.1, 0.15) is 10.4 Å². The Balaban J connectivity index is 1.95. The molecule has 0 aliphatic carbocycles. The Morgan fingerprint density at radius 1 is 1.12 bits per heavy atom. The van der Waals surface area contributed by atoms with Crippen molar-refractivity contribution in [2.45, 2.75) is 4.90 Å². The minimum Gasteiger partial charge on any atom is -0.378 e. The highest BCUT2D eigenvalue weighted by molar-refractivity contribution is 7.90. The van der Waals surface area contributed by atoms with Crippen LogP contribution < -0.4 is 10.2 Å². The van der Waals surface area contributed by atoms with Gasteiger partial charge in [0.25, 0.3) is 5.91 Å². The minimum absolute atomic E-state index is 0.00699. The number of carbonyl (C=O) groups excluding carboxylic acids is 1. The average molecular weight is 395 g/mol. The highest BCUT2D eigenvalue weighted by Crippen LogP contribution is 2.35. The van der Waals surface area contributed by atoms with E-state index in [0.717, 1.165) is 6.26 Å². The minimum atomic E-state index is -3.52. The quantitative estimate of drug-likeness (QED) is 0.862. The largest absolute Gasteiger partial charge is 0.378 e. The molecule has 1 aliphatic rings. The fraction of sp³-hybridized carbons (Fsp3) is 0.278. The van der Waals surface area contributed by atoms with Crippen molar-refractivity contribution < 1.29 is 17.9 Å². The second kappa shape index (κ2) is 7.65. The number of nitrogens with zero attached hydrogens (tertiary/aromatic N) is 1. The van der Waals surface area contributed by atoms with Crippen molar-refractivity contribution in [3.8, 4) is 0 Å². The molecule has 2 aromatic carbocycles. The summed E-state index contributed by atoms with van der Waals surface area (Å²) in [7, 11) is -3.52. The van der Waals surface area contributed by atoms with Crippen molar-refractivity contribution in [3.05, 3.63) is 53.1 Å². The number of para-hydroxylation sites is 1. The summed E-state index contributed by atoms with van der Waals surface area (Å²) in [4.78, 5) is 14.8. The van der Waals surface area contributed by atoms with Gasteiger partial charge in [-0.15, -0.1) is 0 Å². The summed E-state index contributed by atoms with van der Waals surface area (Å²) in [6.45, 7) is 2.48. The molecule has 3 rings (SSSR count). The molecule has 0 aromatic heterocycles. The lowest BCUT2D eigenvalue weighted by molar-refractivity contribution is 0.102. The second-order valence-corrected chi connectivity index (χ2v) is 8.35. The molecule has 6 nitrogen and oxygen atoms in total. The molecule has 1 saturated heterocycles. The fourth-order valence-corrected chi connectivity index (χ4v) is 4.07. The summed E-state index contributed by atoms with van der Waals surface area (Å²) >= 11 is 6.37. The summed E-state index contributed by atoms with van der Waals surface area (Å²) in [6.07, 6.45) is 1.08. The molecular formula is C18H19ClN2O4S. The standard InChI is InChI=1S/C18H19ClN2O4S/c1-26(23,24)16-8-3-2-5-13(16)18(22)20-15-7-4-6-14(19)17(15)21-9-11-25-12-10-21/h2-8H,9-12H2,1H3,(H,20,22). The van der Waals surface area contributed by atoms with Gasteiger partial charge in [-0.2, -0.15) is 0 Å². The Labute approximate surface area is 157 Å². The first-order valence-electron chi connectivity index (χ1n) is 8.09. The molecule has 8 heteroatoms. The highest BCUT2D eigenvalue weighted by Gasteiger charge is 2.22. The number of carbonyl (C=O) groups is 1. The van der Waals surface area contributed by atoms with E-state index in [4.69, 9.17) is 16.3 Å². The maximum absolute atomic E-state index is 12.8. The summed E-state index contributed by atoms with van der Waals surface area (Å²) in [5.41, 5.74) is 1.35. The molecule has 2 aromatic rings. The van der Waals surface area contributed by atoms with Crippen molar-refractivity contribution in [2.24, 2.45) is 0 Å². The predicted octanol–water partition coefficient (Wildman–Crippen LogP) is 2.83. The van der Waals surface area contributed by atoms with Crippen molar-refractivity contribution in [3.63, 3.8) is 0 Å². The number of benzene rings is 2. The third-order valence-electron chi connectivity index (χ3n) is 4.09. The van der Waals surface area contributed by atoms with Crippen LogP contribution in [-0.2, 0) is 14.6 Å². The zero-order valence-corrected chi connectivity index (χ0v) is 15.8. The van der Waals surface area contributed by atoms with Gasteiger partial charge in [-0.1, -0.05) is 29.8 Å². The molecule has 1 fully saturated rings. The molecule has 0 bridgehead atoms. The van der Waals surface area contributed by atoms with E-state index in [1.54, 1.807) is 30.3 Å². The summed E-state index contributed by atoms with van der Waals surface area (Å²) in [6, 6.07) is 11.4. The average Bonchev–Trinajstić information content (AvgIpc) is 2.62. The van der Waals surface area contributed by atoms with E-state index in [1.807, 2.05) is 4.90 Å². The van der Waals surface area contributed by atoms with Crippen LogP contribution in [-0.4, -0.2) is 46.9 Å². The van der Waals surface area contributed by atoms with E-state index in [2.05, 4.69) is 5.32 Å². The van der Waals surface area contributed by atoms with Gasteiger partial charge >= 0.3 is 0 Å². The van der Waals surface area contributed by atoms with Crippen molar-refractivity contribution in [1.82, 2.24) is 0 Å². The third-order valence-corrected chi connectivity index (χ3v) is 5.55. The van der Waals surface area contributed by atoms with Crippen LogP contribution in [0, 0.1) is 0 Å². The zero-order chi connectivity index (χ0) is 18.7. The monoisotopic (exact) mass is 394 g/mol. The van der Waals surface area contributed by atoms with Crippen LogP contribution in [0.4, 0.5) is 11.4 Å². The van der Waals surface area contributed by atoms with Gasteiger partial charge in [-0.25, -0.2) is 8.42 Å². The Morgan fingerprint density at radius 3 is 2.50 bits per heavy atom. The van der Waals surface area contributed by atoms with Crippen LogP contribution in [0.15, 0.2) is 47.4 Å². The van der Waals surface area contributed by atoms with E-state index < -0.39 is 15.7 Å². The summed E-state index contributed by atoms with van der Waals surface area (Å²) in [5, 5.41) is 3.32. The predicted molar refractivity (Wildman–Crippen MR) is 102 cm³/mol. The number of rotatable bonds is 4. The van der Waals surface area contributed by atoms with Crippen LogP contribution in [0.3, 0.4) is 0 Å². The molecule has 1 amide bonds. The van der Waals surface area contributed by atoms with Gasteiger partial charge in [-0.05, 0) is 24.3 Å². The zero-order valence-electron chi connectivity index (χ0n) is 14.2. The maximum atomic E-state index is 12.8. The number of nitrogens with one attached hydrogen (secondary N) is 1. The molecule has 138 valence electrons. The van der Waals surface area contributed by atoms with Gasteiger partial charge in [-0.3, -0.25) is 4.79 Å². The molecule has 0 atom stereocenters. The molecule has 0 radical (unpaired) electrons. The number of halogens is 1. The maximum Gasteiger partial charge on any atom is 0.257 e. The third kappa shape index (κ3) is 4.00. The number of anilines is 2. The fourth-order valence-electron chi connectivity index (χ4n) is 2.89. The van der Waals surface area contributed by atoms with E-state index in [1.165, 1.54) is 12.1 Å². The van der Waals surface area contributed by atoms with Crippen LogP contribution in [0.5, 0.6) is 0 Å². The molecule has 1 N–H and O–H groups in total. The van der Waals surface area contributed by atoms with Crippen molar-refractivity contribution in [2.75, 3.05) is 42.8 Å². The number of ether oxygens (including phenoxy) is 1. The van der Waals surface area contributed by atoms with Crippen LogP contribution in [0.2, 0.25) is 5.02 Å². The van der Waals surface area contributed by atoms with Crippen LogP contribution >= 0.6 is 11.6 Å². The summed E-state index contributed by atoms with van der Waals surface area (Å²) in [5.74, 6) is -0.497. The first-order valence-corrected chi connectivity index (χ1v) is 10.4. The van der Waals surface area contributed by atoms with E-state index >= 15 is 0 Å². The van der Waals surface area contributed by atoms with Gasteiger partial charge in [0, 0.05) is 19.3 Å². The van der Waals surface area contributed by atoms with E-state index in [-0.39, 0.29) is 10.5 Å². The Kier molecular flexibility index (Phi) is 5.50. The Hall–Kier alpha value is -2.09. The number of morpholine rings is 1. The van der Waals surface area contributed by atoms with Gasteiger partial charge in [0.1, 0.15) is 0 Å². The molecular weight excluding hydrogens is 376 g/mol. The van der Waals surface area contributed by atoms with Gasteiger partial charge < -0.3 is 15.0 Å². The van der Waals surface area contributed by atoms with E-state index in [9.17, 15) is 13.2 Å². The number of sulfone groups is 1. The van der Waals surface area contributed by atoms with Crippen molar-refractivity contribution >= 4 is 38.7 Å². The molecule has 0 saturated carbocycles. The van der Waals surface area contributed by atoms with Gasteiger partial charge in [0.15, 0.2) is 9.84 Å². The number of amides is 1. The molecule has 26 heavy (non-hydrogen) atoms. The smallest absolute Gasteiger partial charge is 0.257 e. The van der Waals surface area contributed by atoms with Gasteiger partial charge in [0.2, 0.25) is 0 Å². The first-order chi connectivity index (χ1) is 12.4. The molecule has 1 aliphatic heterocycles. The first kappa shape index (κ1) is 18.7. The Bertz CT molecular complexity index is 925. The number of hydrogen-bond donors (Lipinski definition) is 1. The molecule has 0 spiro atoms. The van der Waals surface area contributed by atoms with Crippen LogP contribution in [0.25, 0.3) is 0 Å². The topological polar surface area (TPSA) is 75.7 Å². The normalized spacial score (nSPS) is 14.9.